The fourth-order valence-corrected chi connectivity index (χ4v) is 3.62. The van der Waals surface area contributed by atoms with Gasteiger partial charge in [-0.2, -0.15) is 13.2 Å². The van der Waals surface area contributed by atoms with E-state index in [1.807, 2.05) is 0 Å². The topological polar surface area (TPSA) is 96.4 Å². The van der Waals surface area contributed by atoms with Gasteiger partial charge in [-0.3, -0.25) is 9.78 Å². The molecule has 1 aliphatic heterocycles. The van der Waals surface area contributed by atoms with Crippen LogP contribution in [0.25, 0.3) is 0 Å². The number of anilines is 1. The minimum atomic E-state index is -5.52. The number of pyridine rings is 1. The zero-order chi connectivity index (χ0) is 20.7. The summed E-state index contributed by atoms with van der Waals surface area (Å²) in [5.74, 6) is -0.610. The predicted molar refractivity (Wildman–Crippen MR) is 92.0 cm³/mol. The minimum absolute atomic E-state index is 0.0397. The number of benzene rings is 1. The maximum atomic E-state index is 12.8. The average Bonchev–Trinajstić information content (AvgIpc) is 2.83. The lowest BCUT2D eigenvalue weighted by atomic mass is 9.93. The molecule has 28 heavy (non-hydrogen) atoms. The summed E-state index contributed by atoms with van der Waals surface area (Å²) >= 11 is 0. The van der Waals surface area contributed by atoms with Crippen LogP contribution >= 0.6 is 0 Å². The third-order valence-corrected chi connectivity index (χ3v) is 5.78. The lowest BCUT2D eigenvalue weighted by Gasteiger charge is -2.21. The monoisotopic (exact) mass is 413 g/mol. The summed E-state index contributed by atoms with van der Waals surface area (Å²) in [6.45, 7) is 1.52. The van der Waals surface area contributed by atoms with Crippen LogP contribution in [-0.2, 0) is 21.1 Å². The Kier molecular flexibility index (Phi) is 4.66. The second kappa shape index (κ2) is 6.59. The van der Waals surface area contributed by atoms with Gasteiger partial charge in [0.15, 0.2) is 0 Å². The van der Waals surface area contributed by atoms with Gasteiger partial charge in [0.1, 0.15) is 5.54 Å². The molecule has 0 unspecified atom stereocenters. The highest BCUT2D eigenvalue weighted by Crippen LogP contribution is 2.32. The number of carbonyl (C=O) groups excluding carboxylic acids is 2. The summed E-state index contributed by atoms with van der Waals surface area (Å²) < 4.78 is 60.8. The predicted octanol–water partition coefficient (Wildman–Crippen LogP) is 2.43. The molecular weight excluding hydrogens is 399 g/mol. The normalized spacial score (nSPS) is 20.4. The van der Waals surface area contributed by atoms with Crippen molar-refractivity contribution in [2.45, 2.75) is 29.3 Å². The smallest absolute Gasteiger partial charge is 0.323 e. The van der Waals surface area contributed by atoms with Crippen molar-refractivity contribution in [3.8, 4) is 0 Å². The number of imide groups is 1. The number of carbonyl (C=O) groups is 2. The van der Waals surface area contributed by atoms with Crippen molar-refractivity contribution in [1.29, 1.82) is 0 Å². The number of aromatic nitrogens is 1. The molecule has 0 bridgehead atoms. The molecule has 1 saturated heterocycles. The largest absolute Gasteiger partial charge is 0.501 e. The molecule has 11 heteroatoms. The van der Waals surface area contributed by atoms with Crippen molar-refractivity contribution >= 4 is 27.5 Å². The quantitative estimate of drug-likeness (QED) is 0.777. The van der Waals surface area contributed by atoms with Crippen LogP contribution in [0.15, 0.2) is 53.7 Å². The number of urea groups is 1. The molecule has 1 aromatic carbocycles. The van der Waals surface area contributed by atoms with Crippen molar-refractivity contribution in [1.82, 2.24) is 10.3 Å². The minimum Gasteiger partial charge on any atom is -0.323 e. The Morgan fingerprint density at radius 2 is 1.64 bits per heavy atom. The van der Waals surface area contributed by atoms with Crippen molar-refractivity contribution in [2.75, 3.05) is 4.90 Å². The van der Waals surface area contributed by atoms with Gasteiger partial charge in [0.2, 0.25) is 0 Å². The molecule has 7 nitrogen and oxygen atoms in total. The number of rotatable bonds is 4. The fourth-order valence-electron chi connectivity index (χ4n) is 2.86. The van der Waals surface area contributed by atoms with Gasteiger partial charge in [0.25, 0.3) is 15.7 Å². The van der Waals surface area contributed by atoms with E-state index in [1.54, 1.807) is 12.1 Å². The van der Waals surface area contributed by atoms with Crippen LogP contribution in [0.3, 0.4) is 0 Å². The summed E-state index contributed by atoms with van der Waals surface area (Å²) in [4.78, 5) is 28.8. The van der Waals surface area contributed by atoms with Crippen LogP contribution in [0.2, 0.25) is 0 Å². The van der Waals surface area contributed by atoms with Gasteiger partial charge in [-0.05, 0) is 48.9 Å². The second-order valence-corrected chi connectivity index (χ2v) is 8.32. The van der Waals surface area contributed by atoms with E-state index < -0.39 is 37.7 Å². The molecular formula is C17H14F3N3O4S. The molecule has 148 valence electrons. The summed E-state index contributed by atoms with van der Waals surface area (Å²) in [5, 5.41) is 2.56. The highest BCUT2D eigenvalue weighted by molar-refractivity contribution is 7.92. The lowest BCUT2D eigenvalue weighted by molar-refractivity contribution is -0.121. The van der Waals surface area contributed by atoms with Crippen LogP contribution in [0, 0.1) is 0 Å². The fraction of sp³-hybridized carbons (Fsp3) is 0.235. The highest BCUT2D eigenvalue weighted by atomic mass is 32.2. The van der Waals surface area contributed by atoms with Crippen LogP contribution in [0.4, 0.5) is 23.7 Å². The number of nitrogens with zero attached hydrogens (tertiary/aromatic N) is 2. The number of halogens is 3. The summed E-state index contributed by atoms with van der Waals surface area (Å²) in [6, 6.07) is 5.98. The van der Waals surface area contributed by atoms with E-state index in [-0.39, 0.29) is 12.1 Å². The molecule has 0 aliphatic carbocycles. The Morgan fingerprint density at radius 1 is 1.07 bits per heavy atom. The molecule has 3 amide bonds. The van der Waals surface area contributed by atoms with Crippen molar-refractivity contribution in [3.05, 3.63) is 54.4 Å². The molecule has 2 heterocycles. The maximum Gasteiger partial charge on any atom is 0.501 e. The van der Waals surface area contributed by atoms with E-state index in [2.05, 4.69) is 10.3 Å². The third-order valence-electron chi connectivity index (χ3n) is 4.28. The summed E-state index contributed by atoms with van der Waals surface area (Å²) in [7, 11) is -5.52. The Hall–Kier alpha value is -2.95. The van der Waals surface area contributed by atoms with Gasteiger partial charge >= 0.3 is 11.5 Å². The molecule has 3 rings (SSSR count). The van der Waals surface area contributed by atoms with E-state index in [0.717, 1.165) is 22.6 Å². The van der Waals surface area contributed by atoms with Gasteiger partial charge in [0, 0.05) is 18.8 Å². The maximum absolute atomic E-state index is 12.8. The number of nitrogens with one attached hydrogen (secondary N) is 1. The van der Waals surface area contributed by atoms with Crippen molar-refractivity contribution < 1.29 is 31.2 Å². The zero-order valence-corrected chi connectivity index (χ0v) is 15.2. The zero-order valence-electron chi connectivity index (χ0n) is 14.4. The third kappa shape index (κ3) is 3.33. The average molecular weight is 413 g/mol. The first kappa shape index (κ1) is 19.8. The van der Waals surface area contributed by atoms with Gasteiger partial charge in [-0.1, -0.05) is 0 Å². The van der Waals surface area contributed by atoms with Gasteiger partial charge in [-0.25, -0.2) is 18.1 Å². The van der Waals surface area contributed by atoms with Gasteiger partial charge in [-0.15, -0.1) is 0 Å². The van der Waals surface area contributed by atoms with Crippen LogP contribution in [-0.4, -0.2) is 36.4 Å². The first-order chi connectivity index (χ1) is 13.0. The highest BCUT2D eigenvalue weighted by Gasteiger charge is 2.49. The van der Waals surface area contributed by atoms with E-state index in [1.165, 1.54) is 19.3 Å². The number of sulfone groups is 1. The second-order valence-electron chi connectivity index (χ2n) is 6.38. The van der Waals surface area contributed by atoms with Gasteiger partial charge < -0.3 is 5.32 Å². The number of hydrogen-bond acceptors (Lipinski definition) is 5. The molecule has 0 spiro atoms. The van der Waals surface area contributed by atoms with Crippen LogP contribution in [0.5, 0.6) is 0 Å². The SMILES string of the molecule is C[C@@]1(Cc2ccncc2)NC(=O)N(c2ccc(S(=O)(=O)C(F)(F)F)cc2)C1=O. The Balaban J connectivity index is 1.88. The number of hydrogen-bond donors (Lipinski definition) is 1. The summed E-state index contributed by atoms with van der Waals surface area (Å²) in [6.07, 6.45) is 3.26. The molecule has 0 saturated carbocycles. The Bertz CT molecular complexity index is 1020. The van der Waals surface area contributed by atoms with Crippen LogP contribution < -0.4 is 10.2 Å². The molecule has 1 aromatic heterocycles. The number of alkyl halides is 3. The Labute approximate surface area is 158 Å². The van der Waals surface area contributed by atoms with Crippen molar-refractivity contribution in [3.63, 3.8) is 0 Å². The van der Waals surface area contributed by atoms with E-state index in [0.29, 0.717) is 12.1 Å². The molecule has 2 aromatic rings. The van der Waals surface area contributed by atoms with Crippen LogP contribution in [0.1, 0.15) is 12.5 Å². The number of amides is 3. The van der Waals surface area contributed by atoms with Crippen molar-refractivity contribution in [2.24, 2.45) is 0 Å². The molecule has 1 N–H and O–H groups in total. The molecule has 1 fully saturated rings. The first-order valence-corrected chi connectivity index (χ1v) is 9.41. The summed E-state index contributed by atoms with van der Waals surface area (Å²) in [5.41, 5.74) is -6.00. The first-order valence-electron chi connectivity index (χ1n) is 7.93. The van der Waals surface area contributed by atoms with Gasteiger partial charge in [0.05, 0.1) is 10.6 Å². The molecule has 0 radical (unpaired) electrons. The van der Waals surface area contributed by atoms with E-state index >= 15 is 0 Å². The van der Waals surface area contributed by atoms with E-state index in [9.17, 15) is 31.2 Å². The molecule has 1 aliphatic rings. The Morgan fingerprint density at radius 3 is 2.18 bits per heavy atom. The van der Waals surface area contributed by atoms with E-state index in [4.69, 9.17) is 0 Å². The standard InChI is InChI=1S/C17H14F3N3O4S/c1-16(10-11-6-8-21-9-7-11)14(24)23(15(25)22-16)12-2-4-13(5-3-12)28(26,27)17(18,19)20/h2-9H,10H2,1H3,(H,22,25)/t16-/m0/s1. The molecule has 1 atom stereocenters. The lowest BCUT2D eigenvalue weighted by Crippen LogP contribution is -2.46.